The number of hydrogen-bond acceptors (Lipinski definition) is 5. The first kappa shape index (κ1) is 21.1. The van der Waals surface area contributed by atoms with Crippen LogP contribution in [0.2, 0.25) is 5.02 Å². The monoisotopic (exact) mass is 438 g/mol. The highest BCUT2D eigenvalue weighted by molar-refractivity contribution is 7.87. The Kier molecular flexibility index (Phi) is 6.52. The van der Waals surface area contributed by atoms with Gasteiger partial charge in [0, 0.05) is 0 Å². The largest absolute Gasteiger partial charge is 0.379 e. The van der Waals surface area contributed by atoms with Gasteiger partial charge in [-0.3, -0.25) is 4.79 Å². The minimum absolute atomic E-state index is 0.0389. The van der Waals surface area contributed by atoms with E-state index in [1.165, 1.54) is 42.5 Å². The minimum atomic E-state index is -3.95. The molecule has 0 aliphatic heterocycles. The molecule has 0 aliphatic carbocycles. The van der Waals surface area contributed by atoms with Gasteiger partial charge in [0.05, 0.1) is 10.7 Å². The van der Waals surface area contributed by atoms with Gasteiger partial charge in [-0.2, -0.15) is 13.7 Å². The van der Waals surface area contributed by atoms with Gasteiger partial charge in [0.15, 0.2) is 0 Å². The molecule has 0 radical (unpaired) electrons. The summed E-state index contributed by atoms with van der Waals surface area (Å²) in [6.07, 6.45) is 1.38. The molecule has 3 rings (SSSR count). The van der Waals surface area contributed by atoms with E-state index in [2.05, 4.69) is 5.32 Å². The van der Waals surface area contributed by atoms with Gasteiger partial charge in [0.2, 0.25) is 0 Å². The summed E-state index contributed by atoms with van der Waals surface area (Å²) in [5, 5.41) is 12.3. The Balaban J connectivity index is 1.75. The van der Waals surface area contributed by atoms with Gasteiger partial charge < -0.3 is 9.50 Å². The lowest BCUT2D eigenvalue weighted by molar-refractivity contribution is -0.112. The second kappa shape index (κ2) is 9.27. The third-order valence-corrected chi connectivity index (χ3v) is 5.51. The maximum atomic E-state index is 12.3. The molecule has 0 bridgehead atoms. The van der Waals surface area contributed by atoms with E-state index in [9.17, 15) is 18.5 Å². The van der Waals surface area contributed by atoms with Gasteiger partial charge in [0.1, 0.15) is 22.3 Å². The molecule has 6 nitrogen and oxygen atoms in total. The Hall–Kier alpha value is -3.60. The van der Waals surface area contributed by atoms with Crippen LogP contribution in [-0.4, -0.2) is 14.3 Å². The van der Waals surface area contributed by atoms with Crippen LogP contribution in [0, 0.1) is 11.3 Å². The number of rotatable bonds is 6. The van der Waals surface area contributed by atoms with Crippen molar-refractivity contribution in [3.8, 4) is 11.8 Å². The van der Waals surface area contributed by atoms with Gasteiger partial charge in [-0.25, -0.2) is 0 Å². The average Bonchev–Trinajstić information content (AvgIpc) is 2.75. The number of anilines is 1. The summed E-state index contributed by atoms with van der Waals surface area (Å²) in [5.41, 5.74) is 0.769. The number of carbonyl (C=O) groups excluding carboxylic acids is 1. The van der Waals surface area contributed by atoms with E-state index in [4.69, 9.17) is 15.8 Å². The van der Waals surface area contributed by atoms with Crippen molar-refractivity contribution in [2.24, 2.45) is 0 Å². The third-order valence-electron chi connectivity index (χ3n) is 3.92. The molecule has 3 aromatic carbocycles. The third kappa shape index (κ3) is 5.26. The molecular formula is C22H15ClN2O4S. The molecule has 0 aliphatic rings. The van der Waals surface area contributed by atoms with Crippen molar-refractivity contribution in [2.45, 2.75) is 4.90 Å². The SMILES string of the molecule is N#C/C(=C\c1ccc(OS(=O)(=O)c2ccccc2)cc1)C(=O)Nc1ccccc1Cl. The molecule has 0 heterocycles. The standard InChI is InChI=1S/C22H15ClN2O4S/c23-20-8-4-5-9-21(20)25-22(26)17(15-24)14-16-10-12-18(13-11-16)29-30(27,28)19-6-2-1-3-7-19/h1-14H,(H,25,26)/b17-14+. The fourth-order valence-corrected chi connectivity index (χ4v) is 3.58. The smallest absolute Gasteiger partial charge is 0.339 e. The first-order chi connectivity index (χ1) is 14.4. The number of amides is 1. The number of nitrogens with one attached hydrogen (secondary N) is 1. The summed E-state index contributed by atoms with van der Waals surface area (Å²) < 4.78 is 29.6. The highest BCUT2D eigenvalue weighted by Crippen LogP contribution is 2.22. The predicted octanol–water partition coefficient (Wildman–Crippen LogP) is 4.65. The maximum Gasteiger partial charge on any atom is 0.339 e. The van der Waals surface area contributed by atoms with Crippen molar-refractivity contribution in [2.75, 3.05) is 5.32 Å². The van der Waals surface area contributed by atoms with Gasteiger partial charge in [-0.15, -0.1) is 0 Å². The normalized spacial score (nSPS) is 11.4. The van der Waals surface area contributed by atoms with Crippen LogP contribution >= 0.6 is 11.6 Å². The van der Waals surface area contributed by atoms with Gasteiger partial charge in [-0.1, -0.05) is 54.1 Å². The number of hydrogen-bond donors (Lipinski definition) is 1. The van der Waals surface area contributed by atoms with Crippen LogP contribution in [0.1, 0.15) is 5.56 Å². The summed E-state index contributed by atoms with van der Waals surface area (Å²) in [4.78, 5) is 12.4. The molecule has 0 saturated heterocycles. The van der Waals surface area contributed by atoms with Crippen LogP contribution in [0.25, 0.3) is 6.08 Å². The van der Waals surface area contributed by atoms with Gasteiger partial charge >= 0.3 is 10.1 Å². The van der Waals surface area contributed by atoms with Crippen molar-refractivity contribution >= 4 is 39.4 Å². The number of halogens is 1. The minimum Gasteiger partial charge on any atom is -0.379 e. The van der Waals surface area contributed by atoms with E-state index in [1.54, 1.807) is 42.5 Å². The van der Waals surface area contributed by atoms with Crippen molar-refractivity contribution < 1.29 is 17.4 Å². The lowest BCUT2D eigenvalue weighted by Crippen LogP contribution is -2.13. The van der Waals surface area contributed by atoms with Crippen LogP contribution in [0.3, 0.4) is 0 Å². The van der Waals surface area contributed by atoms with Crippen molar-refractivity contribution in [1.29, 1.82) is 5.26 Å². The van der Waals surface area contributed by atoms with Crippen LogP contribution in [0.15, 0.2) is 89.3 Å². The van der Waals surface area contributed by atoms with E-state index in [0.29, 0.717) is 16.3 Å². The molecular weight excluding hydrogens is 424 g/mol. The number of nitrogens with zero attached hydrogens (tertiary/aromatic N) is 1. The highest BCUT2D eigenvalue weighted by Gasteiger charge is 2.16. The second-order valence-electron chi connectivity index (χ2n) is 6.02. The van der Waals surface area contributed by atoms with Gasteiger partial charge in [0.25, 0.3) is 5.91 Å². The van der Waals surface area contributed by atoms with Gasteiger partial charge in [-0.05, 0) is 48.0 Å². The average molecular weight is 439 g/mol. The maximum absolute atomic E-state index is 12.3. The van der Waals surface area contributed by atoms with E-state index < -0.39 is 16.0 Å². The Morgan fingerprint density at radius 3 is 2.23 bits per heavy atom. The first-order valence-corrected chi connectivity index (χ1v) is 10.4. The fraction of sp³-hybridized carbons (Fsp3) is 0. The zero-order valence-electron chi connectivity index (χ0n) is 15.4. The summed E-state index contributed by atoms with van der Waals surface area (Å²) >= 11 is 6.01. The Morgan fingerprint density at radius 1 is 0.967 bits per heavy atom. The zero-order valence-corrected chi connectivity index (χ0v) is 17.0. The molecule has 0 fully saturated rings. The molecule has 30 heavy (non-hydrogen) atoms. The summed E-state index contributed by atoms with van der Waals surface area (Å²) in [6, 6.07) is 22.2. The van der Waals surface area contributed by atoms with E-state index in [-0.39, 0.29) is 16.2 Å². The molecule has 3 aromatic rings. The van der Waals surface area contributed by atoms with E-state index >= 15 is 0 Å². The quantitative estimate of drug-likeness (QED) is 0.343. The molecule has 1 N–H and O–H groups in total. The van der Waals surface area contributed by atoms with Crippen molar-refractivity contribution in [3.05, 3.63) is 95.0 Å². The molecule has 0 unspecified atom stereocenters. The molecule has 0 saturated carbocycles. The highest BCUT2D eigenvalue weighted by atomic mass is 35.5. The van der Waals surface area contributed by atoms with Crippen LogP contribution < -0.4 is 9.50 Å². The molecule has 1 amide bonds. The molecule has 0 aromatic heterocycles. The van der Waals surface area contributed by atoms with Crippen LogP contribution in [0.5, 0.6) is 5.75 Å². The summed E-state index contributed by atoms with van der Waals surface area (Å²) in [7, 11) is -3.95. The number of benzene rings is 3. The van der Waals surface area contributed by atoms with Crippen LogP contribution in [0.4, 0.5) is 5.69 Å². The molecule has 0 spiro atoms. The fourth-order valence-electron chi connectivity index (χ4n) is 2.45. The first-order valence-electron chi connectivity index (χ1n) is 8.66. The topological polar surface area (TPSA) is 96.3 Å². The lowest BCUT2D eigenvalue weighted by atomic mass is 10.1. The summed E-state index contributed by atoms with van der Waals surface area (Å²) in [5.74, 6) is -0.507. The Bertz CT molecular complexity index is 1230. The molecule has 8 heteroatoms. The number of carbonyl (C=O) groups is 1. The van der Waals surface area contributed by atoms with Crippen molar-refractivity contribution in [3.63, 3.8) is 0 Å². The van der Waals surface area contributed by atoms with Crippen molar-refractivity contribution in [1.82, 2.24) is 0 Å². The number of nitriles is 1. The Morgan fingerprint density at radius 2 is 1.60 bits per heavy atom. The van der Waals surface area contributed by atoms with E-state index in [0.717, 1.165) is 0 Å². The van der Waals surface area contributed by atoms with Crippen LogP contribution in [-0.2, 0) is 14.9 Å². The zero-order chi connectivity index (χ0) is 21.6. The molecule has 150 valence electrons. The summed E-state index contributed by atoms with van der Waals surface area (Å²) in [6.45, 7) is 0. The number of para-hydroxylation sites is 1. The molecule has 0 atom stereocenters. The Labute approximate surface area is 179 Å². The predicted molar refractivity (Wildman–Crippen MR) is 114 cm³/mol. The lowest BCUT2D eigenvalue weighted by Gasteiger charge is -2.07. The second-order valence-corrected chi connectivity index (χ2v) is 7.98. The van der Waals surface area contributed by atoms with E-state index in [1.807, 2.05) is 6.07 Å².